The third-order valence-corrected chi connectivity index (χ3v) is 4.68. The monoisotopic (exact) mass is 372 g/mol. The molecule has 0 aromatic heterocycles. The first-order chi connectivity index (χ1) is 10.3. The van der Waals surface area contributed by atoms with Gasteiger partial charge in [-0.15, -0.1) is 10.5 Å². The van der Waals surface area contributed by atoms with Gasteiger partial charge in [0.15, 0.2) is 10.3 Å². The molecule has 0 fully saturated rings. The average molecular weight is 373 g/mol. The van der Waals surface area contributed by atoms with Gasteiger partial charge in [-0.2, -0.15) is 13.2 Å². The van der Waals surface area contributed by atoms with Crippen molar-refractivity contribution in [3.63, 3.8) is 0 Å². The summed E-state index contributed by atoms with van der Waals surface area (Å²) in [6, 6.07) is 7.75. The summed E-state index contributed by atoms with van der Waals surface area (Å²) in [6.45, 7) is 2.05. The van der Waals surface area contributed by atoms with Crippen LogP contribution in [-0.2, 0) is 6.42 Å². The number of fused-ring (bicyclic) bond motifs is 1. The third kappa shape index (κ3) is 2.41. The van der Waals surface area contributed by atoms with Crippen molar-refractivity contribution >= 4 is 21.6 Å². The summed E-state index contributed by atoms with van der Waals surface area (Å²) >= 11 is 3.10. The number of halogens is 4. The molecule has 1 aliphatic heterocycles. The van der Waals surface area contributed by atoms with Gasteiger partial charge in [0.2, 0.25) is 0 Å². The molecule has 1 heterocycles. The largest absolute Gasteiger partial charge is 0.437 e. The van der Waals surface area contributed by atoms with Crippen LogP contribution in [0.5, 0.6) is 0 Å². The van der Waals surface area contributed by atoms with Crippen molar-refractivity contribution in [2.24, 2.45) is 11.0 Å². The minimum Gasteiger partial charge on any atom is -0.363 e. The molecular formula is C15H14BrF3N3. The van der Waals surface area contributed by atoms with Crippen LogP contribution >= 0.6 is 15.9 Å². The second kappa shape index (κ2) is 5.30. The molecule has 2 unspecified atom stereocenters. The van der Waals surface area contributed by atoms with Crippen molar-refractivity contribution in [2.75, 3.05) is 7.05 Å². The maximum Gasteiger partial charge on any atom is 0.437 e. The molecule has 0 N–H and O–H groups in total. The lowest BCUT2D eigenvalue weighted by molar-refractivity contribution is -0.0595. The summed E-state index contributed by atoms with van der Waals surface area (Å²) in [7, 11) is 1.67. The van der Waals surface area contributed by atoms with E-state index in [4.69, 9.17) is 0 Å². The molecule has 1 radical (unpaired) electrons. The Morgan fingerprint density at radius 3 is 2.64 bits per heavy atom. The molecule has 1 aliphatic carbocycles. The van der Waals surface area contributed by atoms with E-state index in [9.17, 15) is 13.2 Å². The van der Waals surface area contributed by atoms with E-state index in [1.807, 2.05) is 31.2 Å². The van der Waals surface area contributed by atoms with Crippen LogP contribution in [-0.4, -0.2) is 23.8 Å². The molecule has 1 aromatic carbocycles. The van der Waals surface area contributed by atoms with Gasteiger partial charge in [0, 0.05) is 7.05 Å². The Kier molecular flexibility index (Phi) is 3.71. The van der Waals surface area contributed by atoms with E-state index >= 15 is 0 Å². The molecule has 0 saturated carbocycles. The molecule has 3 nitrogen and oxygen atoms in total. The zero-order chi connectivity index (χ0) is 16.1. The zero-order valence-corrected chi connectivity index (χ0v) is 13.6. The molecule has 22 heavy (non-hydrogen) atoms. The first-order valence-corrected chi connectivity index (χ1v) is 7.66. The number of nitrogens with zero attached hydrogens (tertiary/aromatic N) is 3. The Balaban J connectivity index is 1.99. The number of allylic oxidation sites excluding steroid dienone is 1. The highest BCUT2D eigenvalue weighted by molar-refractivity contribution is 9.11. The van der Waals surface area contributed by atoms with Crippen LogP contribution in [0.2, 0.25) is 0 Å². The fourth-order valence-electron chi connectivity index (χ4n) is 3.29. The molecule has 1 aromatic rings. The minimum absolute atomic E-state index is 0.000975. The topological polar surface area (TPSA) is 29.7 Å². The Morgan fingerprint density at radius 2 is 1.95 bits per heavy atom. The standard InChI is InChI=1S/C15H14BrF3N3/c1-8-7-9-5-3-4-6-10(9)11(8)22(2)12-13(15(17,18)19)20-21-14(12)16/h3-6,8,11H,7H2,1-2H3. The predicted octanol–water partition coefficient (Wildman–Crippen LogP) is 3.95. The SMILES string of the molecule is CC1Cc2ccccc2C1N(C)C1=C(Br)[N]N=C1C(F)(F)F. The summed E-state index contributed by atoms with van der Waals surface area (Å²) in [5, 5.41) is 3.30. The Bertz CT molecular complexity index is 666. The van der Waals surface area contributed by atoms with Crippen LogP contribution < -0.4 is 5.43 Å². The van der Waals surface area contributed by atoms with Crippen molar-refractivity contribution in [3.8, 4) is 0 Å². The quantitative estimate of drug-likeness (QED) is 0.722. The van der Waals surface area contributed by atoms with Crippen LogP contribution in [0.4, 0.5) is 13.2 Å². The highest BCUT2D eigenvalue weighted by Crippen LogP contribution is 2.43. The van der Waals surface area contributed by atoms with Crippen LogP contribution in [0.1, 0.15) is 24.1 Å². The maximum absolute atomic E-state index is 13.2. The minimum atomic E-state index is -4.52. The van der Waals surface area contributed by atoms with Crippen LogP contribution in [0.25, 0.3) is 0 Å². The van der Waals surface area contributed by atoms with E-state index in [0.29, 0.717) is 0 Å². The molecule has 0 amide bonds. The molecule has 0 saturated heterocycles. The number of rotatable bonds is 2. The van der Waals surface area contributed by atoms with Gasteiger partial charge < -0.3 is 4.90 Å². The first-order valence-electron chi connectivity index (χ1n) is 6.87. The molecule has 0 bridgehead atoms. The van der Waals surface area contributed by atoms with E-state index < -0.39 is 11.9 Å². The van der Waals surface area contributed by atoms with E-state index in [2.05, 4.69) is 26.5 Å². The lowest BCUT2D eigenvalue weighted by Crippen LogP contribution is -2.35. The smallest absolute Gasteiger partial charge is 0.363 e. The second-order valence-electron chi connectivity index (χ2n) is 5.62. The van der Waals surface area contributed by atoms with Gasteiger partial charge in [-0.3, -0.25) is 0 Å². The molecule has 3 rings (SSSR count). The van der Waals surface area contributed by atoms with Crippen molar-refractivity contribution in [1.82, 2.24) is 10.3 Å². The Hall–Kier alpha value is -1.50. The highest BCUT2D eigenvalue weighted by atomic mass is 79.9. The number of alkyl halides is 3. The summed E-state index contributed by atoms with van der Waals surface area (Å²) in [6.07, 6.45) is -3.67. The van der Waals surface area contributed by atoms with Crippen molar-refractivity contribution in [3.05, 3.63) is 45.7 Å². The second-order valence-corrected chi connectivity index (χ2v) is 6.37. The lowest BCUT2D eigenvalue weighted by atomic mass is 10.00. The summed E-state index contributed by atoms with van der Waals surface area (Å²) in [5.41, 5.74) is 4.87. The van der Waals surface area contributed by atoms with E-state index in [0.717, 1.165) is 12.0 Å². The molecule has 7 heteroatoms. The summed E-state index contributed by atoms with van der Waals surface area (Å²) in [5.74, 6) is 0.213. The van der Waals surface area contributed by atoms with Crippen LogP contribution in [0.15, 0.2) is 39.7 Å². The van der Waals surface area contributed by atoms with E-state index in [1.54, 1.807) is 11.9 Å². The molecule has 2 atom stereocenters. The van der Waals surface area contributed by atoms with Crippen molar-refractivity contribution in [1.29, 1.82) is 0 Å². The average Bonchev–Trinajstić information content (AvgIpc) is 2.97. The molecule has 117 valence electrons. The number of hydrogen-bond acceptors (Lipinski definition) is 2. The van der Waals surface area contributed by atoms with Gasteiger partial charge in [-0.05, 0) is 39.4 Å². The number of benzene rings is 1. The molecular weight excluding hydrogens is 359 g/mol. The normalized spacial score (nSPS) is 24.2. The van der Waals surface area contributed by atoms with Gasteiger partial charge >= 0.3 is 6.18 Å². The summed E-state index contributed by atoms with van der Waals surface area (Å²) in [4.78, 5) is 1.64. The van der Waals surface area contributed by atoms with E-state index in [-0.39, 0.29) is 22.3 Å². The van der Waals surface area contributed by atoms with Crippen LogP contribution in [0, 0.1) is 5.92 Å². The van der Waals surface area contributed by atoms with Gasteiger partial charge in [0.25, 0.3) is 0 Å². The van der Waals surface area contributed by atoms with Gasteiger partial charge in [-0.25, -0.2) is 0 Å². The Labute approximate surface area is 135 Å². The summed E-state index contributed by atoms with van der Waals surface area (Å²) < 4.78 is 39.6. The maximum atomic E-state index is 13.2. The zero-order valence-electron chi connectivity index (χ0n) is 12.0. The van der Waals surface area contributed by atoms with Crippen molar-refractivity contribution in [2.45, 2.75) is 25.6 Å². The molecule has 0 spiro atoms. The van der Waals surface area contributed by atoms with Crippen LogP contribution in [0.3, 0.4) is 0 Å². The highest BCUT2D eigenvalue weighted by Gasteiger charge is 2.46. The molecule has 2 aliphatic rings. The Morgan fingerprint density at radius 1 is 1.27 bits per heavy atom. The lowest BCUT2D eigenvalue weighted by Gasteiger charge is -2.32. The first kappa shape index (κ1) is 15.4. The predicted molar refractivity (Wildman–Crippen MR) is 81.4 cm³/mol. The van der Waals surface area contributed by atoms with Gasteiger partial charge in [0.05, 0.1) is 6.04 Å². The van der Waals surface area contributed by atoms with Gasteiger partial charge in [0.1, 0.15) is 5.70 Å². The third-order valence-electron chi connectivity index (χ3n) is 4.15. The van der Waals surface area contributed by atoms with E-state index in [1.165, 1.54) is 5.56 Å². The fourth-order valence-corrected chi connectivity index (χ4v) is 3.84. The van der Waals surface area contributed by atoms with Crippen molar-refractivity contribution < 1.29 is 13.2 Å². The van der Waals surface area contributed by atoms with Gasteiger partial charge in [-0.1, -0.05) is 31.2 Å². The number of hydrogen-bond donors (Lipinski definition) is 0. The fraction of sp³-hybridized carbons (Fsp3) is 0.400.